The second-order valence-corrected chi connectivity index (χ2v) is 3.65. The van der Waals surface area contributed by atoms with Crippen molar-refractivity contribution >= 4 is 23.5 Å². The van der Waals surface area contributed by atoms with Crippen LogP contribution >= 0.6 is 0 Å². The summed E-state index contributed by atoms with van der Waals surface area (Å²) in [7, 11) is 0. The van der Waals surface area contributed by atoms with Gasteiger partial charge in [-0.15, -0.1) is 0 Å². The predicted octanol–water partition coefficient (Wildman–Crippen LogP) is -0.895. The third kappa shape index (κ3) is 2.07. The number of rotatable bonds is 2. The SMILES string of the molecule is O=C1NC(=O)C(CC2=CC(=O)C(=O)C=C2O)N1. The molecule has 2 aliphatic rings. The Bertz CT molecular complexity index is 503. The van der Waals surface area contributed by atoms with E-state index in [1.807, 2.05) is 5.32 Å². The summed E-state index contributed by atoms with van der Waals surface area (Å²) in [5.41, 5.74) is 0.150. The second kappa shape index (κ2) is 3.85. The van der Waals surface area contributed by atoms with Crippen molar-refractivity contribution in [2.24, 2.45) is 0 Å². The summed E-state index contributed by atoms with van der Waals surface area (Å²) >= 11 is 0. The van der Waals surface area contributed by atoms with Crippen LogP contribution in [0.3, 0.4) is 0 Å². The summed E-state index contributed by atoms with van der Waals surface area (Å²) in [6, 6.07) is -1.47. The summed E-state index contributed by atoms with van der Waals surface area (Å²) in [4.78, 5) is 44.1. The van der Waals surface area contributed by atoms with Crippen molar-refractivity contribution in [2.75, 3.05) is 0 Å². The normalized spacial score (nSPS) is 24.1. The second-order valence-electron chi connectivity index (χ2n) is 3.65. The Kier molecular flexibility index (Phi) is 2.51. The highest BCUT2D eigenvalue weighted by atomic mass is 16.3. The number of amides is 3. The first-order chi connectivity index (χ1) is 7.97. The van der Waals surface area contributed by atoms with E-state index in [0.29, 0.717) is 0 Å². The average Bonchev–Trinajstić information content (AvgIpc) is 2.54. The zero-order valence-electron chi connectivity index (χ0n) is 8.52. The third-order valence-corrected chi connectivity index (χ3v) is 2.43. The molecule has 3 amide bonds. The number of ketones is 2. The minimum Gasteiger partial charge on any atom is -0.508 e. The maximum atomic E-state index is 11.2. The van der Waals surface area contributed by atoms with Gasteiger partial charge in [0.05, 0.1) is 0 Å². The zero-order chi connectivity index (χ0) is 12.6. The van der Waals surface area contributed by atoms with Crippen LogP contribution in [0, 0.1) is 0 Å². The largest absolute Gasteiger partial charge is 0.508 e. The summed E-state index contributed by atoms with van der Waals surface area (Å²) in [5, 5.41) is 13.8. The maximum Gasteiger partial charge on any atom is 0.322 e. The van der Waals surface area contributed by atoms with E-state index in [1.165, 1.54) is 0 Å². The molecule has 1 unspecified atom stereocenters. The lowest BCUT2D eigenvalue weighted by Crippen LogP contribution is -2.30. The molecule has 17 heavy (non-hydrogen) atoms. The lowest BCUT2D eigenvalue weighted by Gasteiger charge is -2.12. The highest BCUT2D eigenvalue weighted by Crippen LogP contribution is 2.19. The summed E-state index contributed by atoms with van der Waals surface area (Å²) in [6.07, 6.45) is 1.72. The quantitative estimate of drug-likeness (QED) is 0.327. The molecule has 1 atom stereocenters. The van der Waals surface area contributed by atoms with E-state index in [2.05, 4.69) is 5.32 Å². The molecule has 0 radical (unpaired) electrons. The summed E-state index contributed by atoms with van der Waals surface area (Å²) in [5.74, 6) is -2.47. The zero-order valence-corrected chi connectivity index (χ0v) is 8.52. The topological polar surface area (TPSA) is 113 Å². The van der Waals surface area contributed by atoms with Crippen molar-refractivity contribution in [3.63, 3.8) is 0 Å². The van der Waals surface area contributed by atoms with E-state index in [9.17, 15) is 24.3 Å². The molecule has 1 fully saturated rings. The van der Waals surface area contributed by atoms with Crippen molar-refractivity contribution in [1.82, 2.24) is 10.6 Å². The molecule has 1 heterocycles. The number of allylic oxidation sites excluding steroid dienone is 3. The van der Waals surface area contributed by atoms with Gasteiger partial charge in [0, 0.05) is 18.1 Å². The van der Waals surface area contributed by atoms with Gasteiger partial charge in [0.2, 0.25) is 11.6 Å². The van der Waals surface area contributed by atoms with Crippen LogP contribution in [0.4, 0.5) is 4.79 Å². The van der Waals surface area contributed by atoms with Gasteiger partial charge < -0.3 is 10.4 Å². The van der Waals surface area contributed by atoms with E-state index in [0.717, 1.165) is 12.2 Å². The maximum absolute atomic E-state index is 11.2. The van der Waals surface area contributed by atoms with E-state index in [-0.39, 0.29) is 17.8 Å². The van der Waals surface area contributed by atoms with Gasteiger partial charge in [-0.1, -0.05) is 0 Å². The van der Waals surface area contributed by atoms with Crippen molar-refractivity contribution in [1.29, 1.82) is 0 Å². The van der Waals surface area contributed by atoms with Gasteiger partial charge in [0.15, 0.2) is 0 Å². The number of aliphatic hydroxyl groups is 1. The summed E-state index contributed by atoms with van der Waals surface area (Å²) in [6.45, 7) is 0. The van der Waals surface area contributed by atoms with Gasteiger partial charge in [-0.2, -0.15) is 0 Å². The Hall–Kier alpha value is -2.44. The minimum atomic E-state index is -0.842. The van der Waals surface area contributed by atoms with Gasteiger partial charge in [-0.05, 0) is 6.08 Å². The highest BCUT2D eigenvalue weighted by Gasteiger charge is 2.32. The predicted molar refractivity (Wildman–Crippen MR) is 53.9 cm³/mol. The molecule has 1 aliphatic heterocycles. The lowest BCUT2D eigenvalue weighted by molar-refractivity contribution is -0.131. The number of nitrogens with one attached hydrogen (secondary N) is 2. The molecule has 3 N–H and O–H groups in total. The molecule has 2 rings (SSSR count). The first-order valence-corrected chi connectivity index (χ1v) is 4.78. The third-order valence-electron chi connectivity index (χ3n) is 2.43. The number of imide groups is 1. The van der Waals surface area contributed by atoms with E-state index >= 15 is 0 Å². The van der Waals surface area contributed by atoms with Crippen molar-refractivity contribution < 1.29 is 24.3 Å². The van der Waals surface area contributed by atoms with Crippen molar-refractivity contribution in [2.45, 2.75) is 12.5 Å². The molecule has 0 bridgehead atoms. The molecular formula is C10H8N2O5. The fourth-order valence-corrected chi connectivity index (χ4v) is 1.58. The van der Waals surface area contributed by atoms with Crippen molar-refractivity contribution in [3.05, 3.63) is 23.5 Å². The van der Waals surface area contributed by atoms with Crippen LogP contribution in [-0.2, 0) is 14.4 Å². The number of carbonyl (C=O) groups is 4. The smallest absolute Gasteiger partial charge is 0.322 e. The fourth-order valence-electron chi connectivity index (χ4n) is 1.58. The van der Waals surface area contributed by atoms with Crippen LogP contribution in [0.5, 0.6) is 0 Å². The van der Waals surface area contributed by atoms with E-state index in [4.69, 9.17) is 0 Å². The molecule has 88 valence electrons. The molecule has 0 aromatic heterocycles. The Balaban J connectivity index is 2.15. The lowest BCUT2D eigenvalue weighted by atomic mass is 9.97. The Morgan fingerprint density at radius 1 is 1.12 bits per heavy atom. The van der Waals surface area contributed by atoms with Gasteiger partial charge in [0.1, 0.15) is 11.8 Å². The average molecular weight is 236 g/mol. The molecule has 1 saturated heterocycles. The number of urea groups is 1. The molecule has 0 aromatic carbocycles. The van der Waals surface area contributed by atoms with Gasteiger partial charge in [0.25, 0.3) is 5.91 Å². The monoisotopic (exact) mass is 236 g/mol. The molecular weight excluding hydrogens is 228 g/mol. The standard InChI is InChI=1S/C10H8N2O5/c13-6-3-8(15)7(14)2-4(6)1-5-9(16)12-10(17)11-5/h2-3,5,13H,1H2,(H2,11,12,16,17). The van der Waals surface area contributed by atoms with Gasteiger partial charge in [-0.3, -0.25) is 19.7 Å². The number of aliphatic hydroxyl groups excluding tert-OH is 1. The minimum absolute atomic E-state index is 0.0427. The molecule has 0 aromatic rings. The van der Waals surface area contributed by atoms with Gasteiger partial charge >= 0.3 is 6.03 Å². The van der Waals surface area contributed by atoms with Crippen LogP contribution < -0.4 is 10.6 Å². The number of hydrogen-bond acceptors (Lipinski definition) is 5. The molecule has 1 aliphatic carbocycles. The molecule has 7 nitrogen and oxygen atoms in total. The Morgan fingerprint density at radius 2 is 1.76 bits per heavy atom. The van der Waals surface area contributed by atoms with Crippen molar-refractivity contribution in [3.8, 4) is 0 Å². The van der Waals surface area contributed by atoms with E-state index < -0.39 is 29.5 Å². The van der Waals surface area contributed by atoms with E-state index in [1.54, 1.807) is 0 Å². The molecule has 7 heteroatoms. The Labute approximate surface area is 95.2 Å². The summed E-state index contributed by atoms with van der Waals surface area (Å²) < 4.78 is 0. The van der Waals surface area contributed by atoms with Crippen LogP contribution in [0.1, 0.15) is 6.42 Å². The van der Waals surface area contributed by atoms with Crippen LogP contribution in [0.2, 0.25) is 0 Å². The molecule has 0 spiro atoms. The highest BCUT2D eigenvalue weighted by molar-refractivity contribution is 6.46. The number of hydrogen-bond donors (Lipinski definition) is 3. The van der Waals surface area contributed by atoms with Gasteiger partial charge in [-0.25, -0.2) is 4.79 Å². The Morgan fingerprint density at radius 3 is 2.35 bits per heavy atom. The first-order valence-electron chi connectivity index (χ1n) is 4.78. The van der Waals surface area contributed by atoms with Crippen LogP contribution in [-0.4, -0.2) is 34.7 Å². The first kappa shape index (κ1) is 11.1. The molecule has 0 saturated carbocycles. The fraction of sp³-hybridized carbons (Fsp3) is 0.200. The number of carbonyl (C=O) groups excluding carboxylic acids is 4. The van der Waals surface area contributed by atoms with Crippen LogP contribution in [0.15, 0.2) is 23.5 Å². The van der Waals surface area contributed by atoms with Crippen LogP contribution in [0.25, 0.3) is 0 Å².